The maximum atomic E-state index is 5.64. The van der Waals surface area contributed by atoms with Crippen molar-refractivity contribution in [1.82, 2.24) is 15.0 Å². The predicted molar refractivity (Wildman–Crippen MR) is 52.6 cm³/mol. The average Bonchev–Trinajstić information content (AvgIpc) is 2.53. The van der Waals surface area contributed by atoms with Crippen molar-refractivity contribution in [3.05, 3.63) is 22.9 Å². The maximum absolute atomic E-state index is 5.64. The Balaban J connectivity index is 2.53. The van der Waals surface area contributed by atoms with Crippen molar-refractivity contribution in [2.24, 2.45) is 0 Å². The lowest BCUT2D eigenvalue weighted by atomic mass is 10.4. The summed E-state index contributed by atoms with van der Waals surface area (Å²) in [6.07, 6.45) is 1.70. The van der Waals surface area contributed by atoms with Gasteiger partial charge in [-0.25, -0.2) is 15.0 Å². The molecule has 0 unspecified atom stereocenters. The molecule has 2 aromatic heterocycles. The molecule has 0 aliphatic heterocycles. The van der Waals surface area contributed by atoms with Gasteiger partial charge < -0.3 is 5.73 Å². The highest BCUT2D eigenvalue weighted by atomic mass is 35.5. The third-order valence-electron chi connectivity index (χ3n) is 1.37. The first-order valence-electron chi connectivity index (χ1n) is 3.45. The number of nitrogens with zero attached hydrogens (tertiary/aromatic N) is 3. The molecule has 0 bridgehead atoms. The van der Waals surface area contributed by atoms with Gasteiger partial charge in [0, 0.05) is 17.6 Å². The van der Waals surface area contributed by atoms with Crippen LogP contribution >= 0.6 is 22.9 Å². The van der Waals surface area contributed by atoms with Crippen molar-refractivity contribution in [1.29, 1.82) is 0 Å². The second kappa shape index (κ2) is 3.27. The number of nitrogen functional groups attached to an aromatic ring is 1. The third kappa shape index (κ3) is 1.76. The SMILES string of the molecule is Nc1cc(-c2nccs2)nc(Cl)n1. The lowest BCUT2D eigenvalue weighted by molar-refractivity contribution is 1.17. The lowest BCUT2D eigenvalue weighted by Crippen LogP contribution is -1.94. The topological polar surface area (TPSA) is 64.7 Å². The number of hydrogen-bond acceptors (Lipinski definition) is 5. The molecule has 6 heteroatoms. The minimum Gasteiger partial charge on any atom is -0.384 e. The Labute approximate surface area is 83.4 Å². The summed E-state index contributed by atoms with van der Waals surface area (Å²) in [5, 5.41) is 2.79. The molecule has 2 N–H and O–H groups in total. The Morgan fingerprint density at radius 1 is 1.38 bits per heavy atom. The molecule has 4 nitrogen and oxygen atoms in total. The van der Waals surface area contributed by atoms with Gasteiger partial charge in [0.2, 0.25) is 5.28 Å². The summed E-state index contributed by atoms with van der Waals surface area (Å²) in [4.78, 5) is 11.8. The predicted octanol–water partition coefficient (Wildman–Crippen LogP) is 1.84. The Morgan fingerprint density at radius 3 is 2.85 bits per heavy atom. The molecule has 66 valence electrons. The number of rotatable bonds is 1. The van der Waals surface area contributed by atoms with Crippen LogP contribution in [0.3, 0.4) is 0 Å². The van der Waals surface area contributed by atoms with Gasteiger partial charge in [0.1, 0.15) is 16.5 Å². The van der Waals surface area contributed by atoms with Crippen molar-refractivity contribution in [3.8, 4) is 10.7 Å². The maximum Gasteiger partial charge on any atom is 0.224 e. The van der Waals surface area contributed by atoms with Crippen LogP contribution in [0.25, 0.3) is 10.7 Å². The fraction of sp³-hybridized carbons (Fsp3) is 0. The first-order valence-corrected chi connectivity index (χ1v) is 4.71. The smallest absolute Gasteiger partial charge is 0.224 e. The number of aromatic nitrogens is 3. The van der Waals surface area contributed by atoms with Gasteiger partial charge in [0.05, 0.1) is 0 Å². The van der Waals surface area contributed by atoms with Gasteiger partial charge in [0.25, 0.3) is 0 Å². The van der Waals surface area contributed by atoms with Gasteiger partial charge >= 0.3 is 0 Å². The number of anilines is 1. The summed E-state index contributed by atoms with van der Waals surface area (Å²) >= 11 is 7.12. The number of hydrogen-bond donors (Lipinski definition) is 1. The fourth-order valence-corrected chi connectivity index (χ4v) is 1.68. The van der Waals surface area contributed by atoms with E-state index in [1.165, 1.54) is 11.3 Å². The van der Waals surface area contributed by atoms with Gasteiger partial charge in [-0.2, -0.15) is 0 Å². The molecule has 0 atom stereocenters. The molecule has 0 amide bonds. The molecule has 2 heterocycles. The summed E-state index contributed by atoms with van der Waals surface area (Å²) in [6, 6.07) is 1.64. The van der Waals surface area contributed by atoms with E-state index in [2.05, 4.69) is 15.0 Å². The molecular weight excluding hydrogens is 208 g/mol. The minimum absolute atomic E-state index is 0.144. The van der Waals surface area contributed by atoms with Crippen LogP contribution in [-0.2, 0) is 0 Å². The molecule has 0 spiro atoms. The van der Waals surface area contributed by atoms with Crippen molar-refractivity contribution >= 4 is 28.8 Å². The van der Waals surface area contributed by atoms with Crippen LogP contribution in [-0.4, -0.2) is 15.0 Å². The molecule has 2 aromatic rings. The van der Waals surface area contributed by atoms with Gasteiger partial charge in [-0.15, -0.1) is 11.3 Å². The average molecular weight is 213 g/mol. The Hall–Kier alpha value is -1.20. The van der Waals surface area contributed by atoms with E-state index in [4.69, 9.17) is 17.3 Å². The molecule has 0 saturated carbocycles. The highest BCUT2D eigenvalue weighted by Gasteiger charge is 2.04. The standard InChI is InChI=1S/C7H5ClN4S/c8-7-11-4(3-5(9)12-7)6-10-1-2-13-6/h1-3H,(H2,9,11,12). The zero-order valence-electron chi connectivity index (χ0n) is 6.44. The first-order chi connectivity index (χ1) is 6.25. The van der Waals surface area contributed by atoms with Gasteiger partial charge in [-0.05, 0) is 11.6 Å². The fourth-order valence-electron chi connectivity index (χ4n) is 0.895. The number of thiazole rings is 1. The van der Waals surface area contributed by atoms with E-state index in [-0.39, 0.29) is 5.28 Å². The summed E-state index contributed by atoms with van der Waals surface area (Å²) in [6.45, 7) is 0. The molecule has 0 aromatic carbocycles. The molecule has 0 aliphatic rings. The number of nitrogens with two attached hydrogens (primary N) is 1. The monoisotopic (exact) mass is 212 g/mol. The van der Waals surface area contributed by atoms with E-state index in [0.717, 1.165) is 5.01 Å². The Bertz CT molecular complexity index is 394. The number of halogens is 1. The third-order valence-corrected chi connectivity index (χ3v) is 2.33. The van der Waals surface area contributed by atoms with Crippen LogP contribution < -0.4 is 5.73 Å². The highest BCUT2D eigenvalue weighted by molar-refractivity contribution is 7.13. The zero-order chi connectivity index (χ0) is 9.26. The van der Waals surface area contributed by atoms with Crippen LogP contribution in [0.1, 0.15) is 0 Å². The summed E-state index contributed by atoms with van der Waals surface area (Å²) < 4.78 is 0. The van der Waals surface area contributed by atoms with Crippen LogP contribution in [0.5, 0.6) is 0 Å². The molecule has 0 fully saturated rings. The lowest BCUT2D eigenvalue weighted by Gasteiger charge is -1.97. The van der Waals surface area contributed by atoms with Crippen molar-refractivity contribution in [3.63, 3.8) is 0 Å². The Kier molecular flexibility index (Phi) is 2.12. The van der Waals surface area contributed by atoms with E-state index in [1.54, 1.807) is 12.3 Å². The molecular formula is C7H5ClN4S. The first kappa shape index (κ1) is 8.40. The van der Waals surface area contributed by atoms with Crippen molar-refractivity contribution in [2.45, 2.75) is 0 Å². The van der Waals surface area contributed by atoms with Gasteiger partial charge in [-0.3, -0.25) is 0 Å². The zero-order valence-corrected chi connectivity index (χ0v) is 8.01. The van der Waals surface area contributed by atoms with Crippen molar-refractivity contribution in [2.75, 3.05) is 5.73 Å². The second-order valence-corrected chi connectivity index (χ2v) is 3.52. The summed E-state index contributed by atoms with van der Waals surface area (Å²) in [7, 11) is 0. The summed E-state index contributed by atoms with van der Waals surface area (Å²) in [5.41, 5.74) is 6.17. The van der Waals surface area contributed by atoms with E-state index in [1.807, 2.05) is 5.38 Å². The second-order valence-electron chi connectivity index (χ2n) is 2.28. The Morgan fingerprint density at radius 2 is 2.23 bits per heavy atom. The molecule has 0 aliphatic carbocycles. The van der Waals surface area contributed by atoms with E-state index in [0.29, 0.717) is 11.5 Å². The van der Waals surface area contributed by atoms with Gasteiger partial charge in [-0.1, -0.05) is 0 Å². The highest BCUT2D eigenvalue weighted by Crippen LogP contribution is 2.21. The van der Waals surface area contributed by atoms with Crippen molar-refractivity contribution < 1.29 is 0 Å². The molecule has 13 heavy (non-hydrogen) atoms. The normalized spacial score (nSPS) is 10.2. The molecule has 2 rings (SSSR count). The molecule has 0 radical (unpaired) electrons. The molecule has 0 saturated heterocycles. The van der Waals surface area contributed by atoms with Crippen LogP contribution in [0.15, 0.2) is 17.6 Å². The van der Waals surface area contributed by atoms with Crippen LogP contribution in [0.2, 0.25) is 5.28 Å². The van der Waals surface area contributed by atoms with Crippen LogP contribution in [0.4, 0.5) is 5.82 Å². The van der Waals surface area contributed by atoms with E-state index < -0.39 is 0 Å². The quantitative estimate of drug-likeness (QED) is 0.733. The van der Waals surface area contributed by atoms with E-state index >= 15 is 0 Å². The van der Waals surface area contributed by atoms with Crippen LogP contribution in [0, 0.1) is 0 Å². The summed E-state index contributed by atoms with van der Waals surface area (Å²) in [5.74, 6) is 0.352. The minimum atomic E-state index is 0.144. The van der Waals surface area contributed by atoms with Gasteiger partial charge in [0.15, 0.2) is 0 Å². The van der Waals surface area contributed by atoms with E-state index in [9.17, 15) is 0 Å². The largest absolute Gasteiger partial charge is 0.384 e.